The molecule has 0 aromatic heterocycles. The summed E-state index contributed by atoms with van der Waals surface area (Å²) >= 11 is 0. The molecule has 24 heavy (non-hydrogen) atoms. The average molecular weight is 334 g/mol. The van der Waals surface area contributed by atoms with Gasteiger partial charge >= 0.3 is 0 Å². The maximum absolute atomic E-state index is 11.5. The molecule has 7 heteroatoms. The Balaban J connectivity index is 1.83. The van der Waals surface area contributed by atoms with E-state index in [1.807, 2.05) is 12.1 Å². The van der Waals surface area contributed by atoms with Crippen LogP contribution in [0.3, 0.4) is 0 Å². The number of benzene rings is 1. The second kappa shape index (κ2) is 7.36. The van der Waals surface area contributed by atoms with Crippen molar-refractivity contribution in [3.8, 4) is 0 Å². The Labute approximate surface area is 142 Å². The van der Waals surface area contributed by atoms with E-state index in [1.54, 1.807) is 6.07 Å². The summed E-state index contributed by atoms with van der Waals surface area (Å²) in [6.45, 7) is 11.0. The molecule has 0 atom stereocenters. The molecule has 0 amide bonds. The molecule has 0 N–H and O–H groups in total. The fraction of sp³-hybridized carbons (Fsp3) is 0.647. The zero-order chi connectivity index (χ0) is 17.1. The summed E-state index contributed by atoms with van der Waals surface area (Å²) in [6.07, 6.45) is 0. The van der Waals surface area contributed by atoms with Crippen LogP contribution in [0.2, 0.25) is 0 Å². The fourth-order valence-electron chi connectivity index (χ4n) is 3.42. The molecule has 0 unspecified atom stereocenters. The Hall–Kier alpha value is -1.86. The van der Waals surface area contributed by atoms with Crippen LogP contribution in [0.1, 0.15) is 13.8 Å². The number of anilines is 2. The first kappa shape index (κ1) is 17.0. The van der Waals surface area contributed by atoms with Gasteiger partial charge in [0.2, 0.25) is 0 Å². The molecule has 0 bridgehead atoms. The highest BCUT2D eigenvalue weighted by molar-refractivity contribution is 5.70. The van der Waals surface area contributed by atoms with Crippen molar-refractivity contribution in [1.82, 2.24) is 4.90 Å². The van der Waals surface area contributed by atoms with E-state index in [0.717, 1.165) is 50.6 Å². The lowest BCUT2D eigenvalue weighted by Gasteiger charge is -2.38. The second-order valence-corrected chi connectivity index (χ2v) is 6.65. The van der Waals surface area contributed by atoms with E-state index < -0.39 is 0 Å². The minimum absolute atomic E-state index is 0.199. The normalized spacial score (nSPS) is 19.8. The van der Waals surface area contributed by atoms with E-state index in [-0.39, 0.29) is 10.6 Å². The van der Waals surface area contributed by atoms with Crippen molar-refractivity contribution in [1.29, 1.82) is 0 Å². The monoisotopic (exact) mass is 334 g/mol. The third kappa shape index (κ3) is 3.62. The molecule has 2 aliphatic heterocycles. The van der Waals surface area contributed by atoms with E-state index in [9.17, 15) is 10.1 Å². The third-order valence-electron chi connectivity index (χ3n) is 4.92. The molecular weight excluding hydrogens is 308 g/mol. The molecule has 2 fully saturated rings. The van der Waals surface area contributed by atoms with Crippen LogP contribution in [-0.2, 0) is 4.74 Å². The summed E-state index contributed by atoms with van der Waals surface area (Å²) in [6, 6.07) is 6.00. The highest BCUT2D eigenvalue weighted by atomic mass is 16.6. The van der Waals surface area contributed by atoms with Crippen LogP contribution in [0.4, 0.5) is 17.1 Å². The quantitative estimate of drug-likeness (QED) is 0.620. The van der Waals surface area contributed by atoms with Gasteiger partial charge in [0.1, 0.15) is 5.69 Å². The summed E-state index contributed by atoms with van der Waals surface area (Å²) in [5.74, 6) is 0. The Morgan fingerprint density at radius 3 is 2.29 bits per heavy atom. The number of nitro benzene ring substituents is 1. The first-order valence-electron chi connectivity index (χ1n) is 8.66. The van der Waals surface area contributed by atoms with Gasteiger partial charge in [-0.15, -0.1) is 0 Å². The molecule has 132 valence electrons. The number of nitro groups is 1. The van der Waals surface area contributed by atoms with Crippen LogP contribution in [0.25, 0.3) is 0 Å². The molecule has 0 radical (unpaired) electrons. The molecule has 1 aromatic rings. The summed E-state index contributed by atoms with van der Waals surface area (Å²) in [5.41, 5.74) is 1.99. The maximum Gasteiger partial charge on any atom is 0.292 e. The summed E-state index contributed by atoms with van der Waals surface area (Å²) in [7, 11) is 0. The summed E-state index contributed by atoms with van der Waals surface area (Å²) in [4.78, 5) is 18.0. The molecule has 0 spiro atoms. The molecule has 1 aromatic carbocycles. The van der Waals surface area contributed by atoms with Gasteiger partial charge in [-0.1, -0.05) is 0 Å². The van der Waals surface area contributed by atoms with Gasteiger partial charge in [0.05, 0.1) is 18.1 Å². The Kier molecular flexibility index (Phi) is 5.20. The predicted molar refractivity (Wildman–Crippen MR) is 95.1 cm³/mol. The molecule has 2 saturated heterocycles. The van der Waals surface area contributed by atoms with Crippen molar-refractivity contribution in [3.05, 3.63) is 28.3 Å². The van der Waals surface area contributed by atoms with E-state index in [1.165, 1.54) is 0 Å². The van der Waals surface area contributed by atoms with Crippen molar-refractivity contribution in [3.63, 3.8) is 0 Å². The number of piperazine rings is 1. The van der Waals surface area contributed by atoms with Gasteiger partial charge in [0, 0.05) is 57.1 Å². The number of hydrogen-bond donors (Lipinski definition) is 0. The molecule has 7 nitrogen and oxygen atoms in total. The zero-order valence-corrected chi connectivity index (χ0v) is 14.5. The smallest absolute Gasteiger partial charge is 0.292 e. The summed E-state index contributed by atoms with van der Waals surface area (Å²) in [5, 5.41) is 11.5. The standard InChI is InChI=1S/C17H26N4O3/c1-14(2)18-5-7-20(8-6-18)17-13-15(3-4-16(17)21(22)23)19-9-11-24-12-10-19/h3-4,13-14H,5-12H2,1-2H3. The van der Waals surface area contributed by atoms with Crippen LogP contribution in [0.5, 0.6) is 0 Å². The summed E-state index contributed by atoms with van der Waals surface area (Å²) < 4.78 is 5.40. The van der Waals surface area contributed by atoms with Crippen molar-refractivity contribution >= 4 is 17.1 Å². The predicted octanol–water partition coefficient (Wildman–Crippen LogP) is 1.96. The van der Waals surface area contributed by atoms with Gasteiger partial charge in [-0.05, 0) is 26.0 Å². The zero-order valence-electron chi connectivity index (χ0n) is 14.5. The largest absolute Gasteiger partial charge is 0.378 e. The molecular formula is C17H26N4O3. The Morgan fingerprint density at radius 2 is 1.71 bits per heavy atom. The van der Waals surface area contributed by atoms with Gasteiger partial charge in [-0.25, -0.2) is 0 Å². The number of ether oxygens (including phenoxy) is 1. The first-order valence-corrected chi connectivity index (χ1v) is 8.66. The van der Waals surface area contributed by atoms with Gasteiger partial charge in [-0.2, -0.15) is 0 Å². The van der Waals surface area contributed by atoms with Crippen molar-refractivity contribution in [2.45, 2.75) is 19.9 Å². The van der Waals surface area contributed by atoms with Gasteiger partial charge in [0.15, 0.2) is 0 Å². The van der Waals surface area contributed by atoms with Crippen molar-refractivity contribution < 1.29 is 9.66 Å². The fourth-order valence-corrected chi connectivity index (χ4v) is 3.42. The lowest BCUT2D eigenvalue weighted by molar-refractivity contribution is -0.384. The van der Waals surface area contributed by atoms with Crippen LogP contribution in [-0.4, -0.2) is 68.3 Å². The molecule has 2 heterocycles. The van der Waals surface area contributed by atoms with E-state index in [4.69, 9.17) is 4.74 Å². The number of morpholine rings is 1. The first-order chi connectivity index (χ1) is 11.6. The lowest BCUT2D eigenvalue weighted by Crippen LogP contribution is -2.49. The van der Waals surface area contributed by atoms with Gasteiger partial charge in [-0.3, -0.25) is 15.0 Å². The van der Waals surface area contributed by atoms with Gasteiger partial charge in [0.25, 0.3) is 5.69 Å². The highest BCUT2D eigenvalue weighted by Gasteiger charge is 2.26. The second-order valence-electron chi connectivity index (χ2n) is 6.65. The Bertz CT molecular complexity index is 579. The number of nitrogens with zero attached hydrogens (tertiary/aromatic N) is 4. The Morgan fingerprint density at radius 1 is 1.04 bits per heavy atom. The number of rotatable bonds is 4. The lowest BCUT2D eigenvalue weighted by atomic mass is 10.1. The van der Waals surface area contributed by atoms with Crippen molar-refractivity contribution in [2.75, 3.05) is 62.3 Å². The SMILES string of the molecule is CC(C)N1CCN(c2cc(N3CCOCC3)ccc2[N+](=O)[O-])CC1. The van der Waals surface area contributed by atoms with Crippen LogP contribution in [0.15, 0.2) is 18.2 Å². The number of hydrogen-bond acceptors (Lipinski definition) is 6. The molecule has 0 aliphatic carbocycles. The van der Waals surface area contributed by atoms with Crippen molar-refractivity contribution in [2.24, 2.45) is 0 Å². The highest BCUT2D eigenvalue weighted by Crippen LogP contribution is 2.33. The molecule has 3 rings (SSSR count). The van der Waals surface area contributed by atoms with Crippen LogP contribution >= 0.6 is 0 Å². The average Bonchev–Trinajstić information content (AvgIpc) is 2.62. The maximum atomic E-state index is 11.5. The van der Waals surface area contributed by atoms with Crippen LogP contribution in [0, 0.1) is 10.1 Å². The minimum atomic E-state index is -0.271. The third-order valence-corrected chi connectivity index (χ3v) is 4.92. The van der Waals surface area contributed by atoms with E-state index in [0.29, 0.717) is 19.3 Å². The van der Waals surface area contributed by atoms with Gasteiger partial charge < -0.3 is 14.5 Å². The molecule has 0 saturated carbocycles. The topological polar surface area (TPSA) is 62.1 Å². The van der Waals surface area contributed by atoms with Crippen LogP contribution < -0.4 is 9.80 Å². The minimum Gasteiger partial charge on any atom is -0.378 e. The molecule has 2 aliphatic rings. The van der Waals surface area contributed by atoms with E-state index in [2.05, 4.69) is 28.5 Å². The van der Waals surface area contributed by atoms with E-state index >= 15 is 0 Å².